The highest BCUT2D eigenvalue weighted by molar-refractivity contribution is 5.66. The van der Waals surface area contributed by atoms with E-state index >= 15 is 0 Å². The Kier molecular flexibility index (Phi) is 3.56. The van der Waals surface area contributed by atoms with Gasteiger partial charge in [-0.1, -0.05) is 0 Å². The Balaban J connectivity index is 1.83. The first-order valence-electron chi connectivity index (χ1n) is 7.62. The standard InChI is InChI=1S/C17H22O4/c1-11(18)21-13-4-7-17(8-5-13)6-3-12-9-14(20-2)10-15(19)16(12)17/h9-10,13,19H,3-8H2,1-2H3. The van der Waals surface area contributed by atoms with Crippen LogP contribution in [-0.2, 0) is 21.4 Å². The Morgan fingerprint density at radius 3 is 2.62 bits per heavy atom. The number of fused-ring (bicyclic) bond motifs is 2. The number of esters is 1. The van der Waals surface area contributed by atoms with E-state index in [1.54, 1.807) is 13.2 Å². The van der Waals surface area contributed by atoms with E-state index in [1.807, 2.05) is 6.07 Å². The molecule has 0 amide bonds. The molecule has 3 rings (SSSR count). The van der Waals surface area contributed by atoms with Gasteiger partial charge in [0.15, 0.2) is 0 Å². The summed E-state index contributed by atoms with van der Waals surface area (Å²) in [5, 5.41) is 10.4. The number of carbonyl (C=O) groups is 1. The van der Waals surface area contributed by atoms with E-state index in [0.29, 0.717) is 5.75 Å². The number of methoxy groups -OCH3 is 1. The minimum Gasteiger partial charge on any atom is -0.507 e. The third-order valence-electron chi connectivity index (χ3n) is 5.03. The van der Waals surface area contributed by atoms with Gasteiger partial charge in [-0.15, -0.1) is 0 Å². The van der Waals surface area contributed by atoms with E-state index < -0.39 is 0 Å². The summed E-state index contributed by atoms with van der Waals surface area (Å²) >= 11 is 0. The summed E-state index contributed by atoms with van der Waals surface area (Å²) < 4.78 is 10.6. The van der Waals surface area contributed by atoms with Gasteiger partial charge in [0.05, 0.1) is 7.11 Å². The Labute approximate surface area is 125 Å². The zero-order valence-electron chi connectivity index (χ0n) is 12.6. The quantitative estimate of drug-likeness (QED) is 0.850. The smallest absolute Gasteiger partial charge is 0.302 e. The molecule has 0 heterocycles. The van der Waals surface area contributed by atoms with Crippen LogP contribution in [0.15, 0.2) is 12.1 Å². The molecule has 2 aliphatic rings. The van der Waals surface area contributed by atoms with Crippen molar-refractivity contribution in [2.75, 3.05) is 7.11 Å². The second-order valence-electron chi connectivity index (χ2n) is 6.27. The minimum absolute atomic E-state index is 0.0394. The summed E-state index contributed by atoms with van der Waals surface area (Å²) in [5.41, 5.74) is 2.37. The van der Waals surface area contributed by atoms with Gasteiger partial charge in [-0.3, -0.25) is 4.79 Å². The van der Waals surface area contributed by atoms with Crippen LogP contribution in [-0.4, -0.2) is 24.3 Å². The van der Waals surface area contributed by atoms with Crippen molar-refractivity contribution in [2.45, 2.75) is 57.0 Å². The van der Waals surface area contributed by atoms with Crippen molar-refractivity contribution in [1.29, 1.82) is 0 Å². The van der Waals surface area contributed by atoms with Crippen molar-refractivity contribution in [2.24, 2.45) is 0 Å². The molecule has 4 nitrogen and oxygen atoms in total. The van der Waals surface area contributed by atoms with Crippen molar-refractivity contribution in [3.8, 4) is 11.5 Å². The third-order valence-corrected chi connectivity index (χ3v) is 5.03. The van der Waals surface area contributed by atoms with E-state index in [0.717, 1.165) is 49.8 Å². The molecule has 21 heavy (non-hydrogen) atoms. The Morgan fingerprint density at radius 2 is 2.00 bits per heavy atom. The normalized spacial score (nSPS) is 27.4. The highest BCUT2D eigenvalue weighted by atomic mass is 16.5. The Bertz CT molecular complexity index is 556. The van der Waals surface area contributed by atoms with E-state index in [1.165, 1.54) is 12.5 Å². The van der Waals surface area contributed by atoms with Crippen LogP contribution in [0.4, 0.5) is 0 Å². The van der Waals surface area contributed by atoms with E-state index in [2.05, 4.69) is 0 Å². The maximum atomic E-state index is 11.1. The van der Waals surface area contributed by atoms with Gasteiger partial charge in [0.2, 0.25) is 0 Å². The number of carbonyl (C=O) groups excluding carboxylic acids is 1. The van der Waals surface area contributed by atoms with Gasteiger partial charge >= 0.3 is 5.97 Å². The first-order chi connectivity index (χ1) is 10.0. The predicted molar refractivity (Wildman–Crippen MR) is 78.7 cm³/mol. The number of phenolic OH excluding ortho intramolecular Hbond substituents is 1. The number of ether oxygens (including phenoxy) is 2. The van der Waals surface area contributed by atoms with Gasteiger partial charge < -0.3 is 14.6 Å². The van der Waals surface area contributed by atoms with Crippen LogP contribution in [0.1, 0.15) is 50.2 Å². The van der Waals surface area contributed by atoms with Crippen molar-refractivity contribution < 1.29 is 19.4 Å². The summed E-state index contributed by atoms with van der Waals surface area (Å²) in [6.45, 7) is 1.47. The molecule has 1 spiro atoms. The molecule has 0 radical (unpaired) electrons. The molecule has 0 atom stereocenters. The molecule has 1 fully saturated rings. The first-order valence-corrected chi connectivity index (χ1v) is 7.62. The molecule has 1 aromatic carbocycles. The molecule has 1 saturated carbocycles. The van der Waals surface area contributed by atoms with Gasteiger partial charge in [-0.2, -0.15) is 0 Å². The monoisotopic (exact) mass is 290 g/mol. The van der Waals surface area contributed by atoms with Crippen molar-refractivity contribution >= 4 is 5.97 Å². The maximum Gasteiger partial charge on any atom is 0.302 e. The van der Waals surface area contributed by atoms with Crippen LogP contribution in [0.5, 0.6) is 11.5 Å². The first kappa shape index (κ1) is 14.2. The van der Waals surface area contributed by atoms with Crippen molar-refractivity contribution in [3.05, 3.63) is 23.3 Å². The van der Waals surface area contributed by atoms with Crippen molar-refractivity contribution in [1.82, 2.24) is 0 Å². The fourth-order valence-electron chi connectivity index (χ4n) is 4.08. The van der Waals surface area contributed by atoms with Crippen LogP contribution in [0.3, 0.4) is 0 Å². The number of phenols is 1. The molecule has 0 aliphatic heterocycles. The molecule has 0 aromatic heterocycles. The second kappa shape index (κ2) is 5.24. The molecule has 0 saturated heterocycles. The zero-order valence-corrected chi connectivity index (χ0v) is 12.6. The van der Waals surface area contributed by atoms with Gasteiger partial charge in [0.1, 0.15) is 17.6 Å². The lowest BCUT2D eigenvalue weighted by Crippen LogP contribution is -2.33. The topological polar surface area (TPSA) is 55.8 Å². The summed E-state index contributed by atoms with van der Waals surface area (Å²) in [6.07, 6.45) is 5.79. The average molecular weight is 290 g/mol. The van der Waals surface area contributed by atoms with E-state index in [-0.39, 0.29) is 17.5 Å². The number of rotatable bonds is 2. The summed E-state index contributed by atoms with van der Waals surface area (Å²) in [6, 6.07) is 3.76. The summed E-state index contributed by atoms with van der Waals surface area (Å²) in [4.78, 5) is 11.1. The zero-order chi connectivity index (χ0) is 15.0. The fourth-order valence-corrected chi connectivity index (χ4v) is 4.08. The number of hydrogen-bond donors (Lipinski definition) is 1. The molecule has 0 bridgehead atoms. The Morgan fingerprint density at radius 1 is 1.29 bits per heavy atom. The number of benzene rings is 1. The van der Waals surface area contributed by atoms with Crippen LogP contribution < -0.4 is 4.74 Å². The van der Waals surface area contributed by atoms with Gasteiger partial charge in [0, 0.05) is 18.6 Å². The highest BCUT2D eigenvalue weighted by Crippen LogP contribution is 2.53. The fraction of sp³-hybridized carbons (Fsp3) is 0.588. The lowest BCUT2D eigenvalue weighted by molar-refractivity contribution is -0.148. The molecule has 4 heteroatoms. The molecule has 2 aliphatic carbocycles. The van der Waals surface area contributed by atoms with Gasteiger partial charge in [0.25, 0.3) is 0 Å². The predicted octanol–water partition coefficient (Wildman–Crippen LogP) is 3.09. The van der Waals surface area contributed by atoms with Crippen LogP contribution in [0.2, 0.25) is 0 Å². The largest absolute Gasteiger partial charge is 0.507 e. The minimum atomic E-state index is -0.199. The second-order valence-corrected chi connectivity index (χ2v) is 6.27. The SMILES string of the molecule is COc1cc(O)c2c(c1)CCC21CCC(OC(C)=O)CC1. The van der Waals surface area contributed by atoms with E-state index in [9.17, 15) is 9.90 Å². The van der Waals surface area contributed by atoms with Crippen molar-refractivity contribution in [3.63, 3.8) is 0 Å². The number of hydrogen-bond acceptors (Lipinski definition) is 4. The van der Waals surface area contributed by atoms with Crippen LogP contribution >= 0.6 is 0 Å². The average Bonchev–Trinajstić information content (AvgIpc) is 2.80. The lowest BCUT2D eigenvalue weighted by atomic mass is 9.69. The molecular formula is C17H22O4. The molecule has 0 unspecified atom stereocenters. The highest BCUT2D eigenvalue weighted by Gasteiger charge is 2.44. The molecule has 114 valence electrons. The van der Waals surface area contributed by atoms with Gasteiger partial charge in [-0.05, 0) is 55.6 Å². The van der Waals surface area contributed by atoms with Gasteiger partial charge in [-0.25, -0.2) is 0 Å². The maximum absolute atomic E-state index is 11.1. The summed E-state index contributed by atoms with van der Waals surface area (Å²) in [5.74, 6) is 0.875. The summed E-state index contributed by atoms with van der Waals surface area (Å²) in [7, 11) is 1.62. The third kappa shape index (κ3) is 2.47. The van der Waals surface area contributed by atoms with E-state index in [4.69, 9.17) is 9.47 Å². The lowest BCUT2D eigenvalue weighted by Gasteiger charge is -2.38. The van der Waals surface area contributed by atoms with Crippen LogP contribution in [0.25, 0.3) is 0 Å². The number of aryl methyl sites for hydroxylation is 1. The number of aromatic hydroxyl groups is 1. The van der Waals surface area contributed by atoms with Crippen LogP contribution in [0, 0.1) is 0 Å². The molecular weight excluding hydrogens is 268 g/mol. The molecule has 1 N–H and O–H groups in total. The Hall–Kier alpha value is -1.71. The molecule has 1 aromatic rings.